The van der Waals surface area contributed by atoms with Crippen LogP contribution in [0, 0.1) is 5.82 Å². The molecule has 70 valence electrons. The van der Waals surface area contributed by atoms with Crippen LogP contribution in [0.15, 0.2) is 12.1 Å². The summed E-state index contributed by atoms with van der Waals surface area (Å²) >= 11 is 0. The number of ether oxygens (including phenoxy) is 1. The predicted molar refractivity (Wildman–Crippen MR) is 49.8 cm³/mol. The lowest BCUT2D eigenvalue weighted by molar-refractivity contribution is 0.321. The maximum absolute atomic E-state index is 13.3. The molecule has 0 bridgehead atoms. The van der Waals surface area contributed by atoms with E-state index in [0.717, 1.165) is 17.8 Å². The van der Waals surface area contributed by atoms with E-state index >= 15 is 0 Å². The Hall–Kier alpha value is -1.25. The van der Waals surface area contributed by atoms with Crippen LogP contribution in [0.2, 0.25) is 0 Å². The highest BCUT2D eigenvalue weighted by molar-refractivity contribution is 5.59. The van der Waals surface area contributed by atoms with E-state index in [9.17, 15) is 4.39 Å². The Bertz CT molecular complexity index is 325. The Balaban J connectivity index is 2.44. The number of nitrogens with one attached hydrogen (secondary N) is 1. The third-order valence-electron chi connectivity index (χ3n) is 2.20. The summed E-state index contributed by atoms with van der Waals surface area (Å²) in [5.74, 6) is 0.450. The fraction of sp³-hybridized carbons (Fsp3) is 0.400. The molecule has 0 spiro atoms. The summed E-state index contributed by atoms with van der Waals surface area (Å²) in [6, 6.07) is 3.28. The van der Waals surface area contributed by atoms with Crippen LogP contribution >= 0.6 is 0 Å². The summed E-state index contributed by atoms with van der Waals surface area (Å²) in [5, 5.41) is 3.17. The van der Waals surface area contributed by atoms with Crippen LogP contribution in [0.3, 0.4) is 0 Å². The number of benzene rings is 1. The van der Waals surface area contributed by atoms with Crippen molar-refractivity contribution in [3.05, 3.63) is 23.5 Å². The third kappa shape index (κ3) is 1.46. The Morgan fingerprint density at radius 2 is 2.38 bits per heavy atom. The quantitative estimate of drug-likeness (QED) is 0.717. The summed E-state index contributed by atoms with van der Waals surface area (Å²) in [6.07, 6.45) is 0.709. The van der Waals surface area contributed by atoms with Crippen molar-refractivity contribution in [3.63, 3.8) is 0 Å². The van der Waals surface area contributed by atoms with Crippen molar-refractivity contribution in [2.24, 2.45) is 0 Å². The molecule has 0 amide bonds. The molecule has 1 aliphatic heterocycles. The largest absolute Gasteiger partial charge is 0.489 e. The van der Waals surface area contributed by atoms with Gasteiger partial charge in [-0.1, -0.05) is 6.92 Å². The maximum atomic E-state index is 13.3. The zero-order valence-electron chi connectivity index (χ0n) is 7.56. The van der Waals surface area contributed by atoms with Crippen LogP contribution in [0.4, 0.5) is 10.1 Å². The molecular formula is C10H12FNO. The van der Waals surface area contributed by atoms with Crippen LogP contribution < -0.4 is 10.1 Å². The fourth-order valence-electron chi connectivity index (χ4n) is 1.48. The van der Waals surface area contributed by atoms with Crippen molar-refractivity contribution in [1.29, 1.82) is 0 Å². The number of halogens is 1. The summed E-state index contributed by atoms with van der Waals surface area (Å²) in [6.45, 7) is 3.34. The van der Waals surface area contributed by atoms with E-state index in [1.165, 1.54) is 6.07 Å². The summed E-state index contributed by atoms with van der Waals surface area (Å²) in [7, 11) is 0. The Kier molecular flexibility index (Phi) is 2.08. The Labute approximate surface area is 76.7 Å². The minimum atomic E-state index is -0.176. The number of fused-ring (bicyclic) bond motifs is 1. The Morgan fingerprint density at radius 1 is 1.54 bits per heavy atom. The second-order valence-corrected chi connectivity index (χ2v) is 3.07. The standard InChI is InChI=1S/C10H12FNO/c1-2-7-5-9-10(6-8(7)11)13-4-3-12-9/h5-6,12H,2-4H2,1H3. The van der Waals surface area contributed by atoms with Gasteiger partial charge < -0.3 is 10.1 Å². The fourth-order valence-corrected chi connectivity index (χ4v) is 1.48. The van der Waals surface area contributed by atoms with Gasteiger partial charge in [0, 0.05) is 12.6 Å². The van der Waals surface area contributed by atoms with Gasteiger partial charge in [0.1, 0.15) is 18.2 Å². The first kappa shape index (κ1) is 8.35. The van der Waals surface area contributed by atoms with Crippen LogP contribution in [0.25, 0.3) is 0 Å². The van der Waals surface area contributed by atoms with E-state index in [-0.39, 0.29) is 5.82 Å². The molecule has 0 fully saturated rings. The molecule has 13 heavy (non-hydrogen) atoms. The van der Waals surface area contributed by atoms with Crippen molar-refractivity contribution in [3.8, 4) is 5.75 Å². The molecule has 2 rings (SSSR count). The van der Waals surface area contributed by atoms with E-state index in [4.69, 9.17) is 4.74 Å². The molecule has 1 aliphatic rings. The minimum Gasteiger partial charge on any atom is -0.489 e. The first-order valence-electron chi connectivity index (χ1n) is 4.50. The zero-order chi connectivity index (χ0) is 9.26. The second kappa shape index (κ2) is 3.24. The van der Waals surface area contributed by atoms with Gasteiger partial charge in [-0.25, -0.2) is 4.39 Å². The molecule has 1 aromatic rings. The lowest BCUT2D eigenvalue weighted by Crippen LogP contribution is -2.18. The summed E-state index contributed by atoms with van der Waals surface area (Å²) < 4.78 is 18.6. The highest BCUT2D eigenvalue weighted by atomic mass is 19.1. The maximum Gasteiger partial charge on any atom is 0.145 e. The SMILES string of the molecule is CCc1cc2c(cc1F)OCCN2. The third-order valence-corrected chi connectivity index (χ3v) is 2.20. The number of aryl methyl sites for hydroxylation is 1. The molecule has 0 saturated heterocycles. The highest BCUT2D eigenvalue weighted by Crippen LogP contribution is 2.30. The highest BCUT2D eigenvalue weighted by Gasteiger charge is 2.12. The van der Waals surface area contributed by atoms with Crippen molar-refractivity contribution in [1.82, 2.24) is 0 Å². The van der Waals surface area contributed by atoms with E-state index in [0.29, 0.717) is 18.8 Å². The predicted octanol–water partition coefficient (Wildman–Crippen LogP) is 2.19. The first-order valence-corrected chi connectivity index (χ1v) is 4.50. The van der Waals surface area contributed by atoms with Crippen LogP contribution in [-0.2, 0) is 6.42 Å². The van der Waals surface area contributed by atoms with E-state index < -0.39 is 0 Å². The zero-order valence-corrected chi connectivity index (χ0v) is 7.56. The molecule has 0 atom stereocenters. The molecule has 0 unspecified atom stereocenters. The van der Waals surface area contributed by atoms with Gasteiger partial charge in [-0.15, -0.1) is 0 Å². The minimum absolute atomic E-state index is 0.176. The average Bonchev–Trinajstić information content (AvgIpc) is 2.17. The van der Waals surface area contributed by atoms with E-state index in [1.54, 1.807) is 0 Å². The van der Waals surface area contributed by atoms with E-state index in [1.807, 2.05) is 13.0 Å². The smallest absolute Gasteiger partial charge is 0.145 e. The topological polar surface area (TPSA) is 21.3 Å². The van der Waals surface area contributed by atoms with Crippen molar-refractivity contribution in [2.75, 3.05) is 18.5 Å². The summed E-state index contributed by atoms with van der Waals surface area (Å²) in [4.78, 5) is 0. The monoisotopic (exact) mass is 181 g/mol. The van der Waals surface area contributed by atoms with Crippen LogP contribution in [0.5, 0.6) is 5.75 Å². The number of hydrogen-bond acceptors (Lipinski definition) is 2. The second-order valence-electron chi connectivity index (χ2n) is 3.07. The van der Waals surface area contributed by atoms with Gasteiger partial charge in [0.05, 0.1) is 5.69 Å². The molecule has 1 heterocycles. The van der Waals surface area contributed by atoms with E-state index in [2.05, 4.69) is 5.32 Å². The lowest BCUT2D eigenvalue weighted by atomic mass is 10.1. The number of rotatable bonds is 1. The van der Waals surface area contributed by atoms with Gasteiger partial charge in [-0.05, 0) is 18.1 Å². The first-order chi connectivity index (χ1) is 6.31. The van der Waals surface area contributed by atoms with Crippen molar-refractivity contribution >= 4 is 5.69 Å². The normalized spacial score (nSPS) is 14.3. The molecule has 1 aromatic carbocycles. The molecule has 2 nitrogen and oxygen atoms in total. The number of anilines is 1. The van der Waals surface area contributed by atoms with Gasteiger partial charge in [0.2, 0.25) is 0 Å². The van der Waals surface area contributed by atoms with Gasteiger partial charge in [-0.2, -0.15) is 0 Å². The molecular weight excluding hydrogens is 169 g/mol. The summed E-state index contributed by atoms with van der Waals surface area (Å²) in [5.41, 5.74) is 1.64. The molecule has 0 aromatic heterocycles. The molecule has 0 saturated carbocycles. The van der Waals surface area contributed by atoms with Gasteiger partial charge in [0.15, 0.2) is 0 Å². The average molecular weight is 181 g/mol. The van der Waals surface area contributed by atoms with Gasteiger partial charge in [-0.3, -0.25) is 0 Å². The number of hydrogen-bond donors (Lipinski definition) is 1. The molecule has 3 heteroatoms. The van der Waals surface area contributed by atoms with Crippen molar-refractivity contribution < 1.29 is 9.13 Å². The molecule has 0 radical (unpaired) electrons. The lowest BCUT2D eigenvalue weighted by Gasteiger charge is -2.19. The molecule has 1 N–H and O–H groups in total. The Morgan fingerprint density at radius 3 is 3.15 bits per heavy atom. The van der Waals surface area contributed by atoms with Crippen LogP contribution in [-0.4, -0.2) is 13.2 Å². The van der Waals surface area contributed by atoms with Crippen LogP contribution in [0.1, 0.15) is 12.5 Å². The van der Waals surface area contributed by atoms with Crippen molar-refractivity contribution in [2.45, 2.75) is 13.3 Å². The van der Waals surface area contributed by atoms with Gasteiger partial charge >= 0.3 is 0 Å². The van der Waals surface area contributed by atoms with Gasteiger partial charge in [0.25, 0.3) is 0 Å². The molecule has 0 aliphatic carbocycles.